The van der Waals surface area contributed by atoms with Crippen molar-refractivity contribution < 1.29 is 28.7 Å². The van der Waals surface area contributed by atoms with E-state index in [1.165, 1.54) is 16.7 Å². The number of ether oxygens (including phenoxy) is 3. The monoisotopic (exact) mass is 499 g/mol. The lowest BCUT2D eigenvalue weighted by Crippen LogP contribution is -3.14. The summed E-state index contributed by atoms with van der Waals surface area (Å²) in [5.74, 6) is 1.11. The third kappa shape index (κ3) is 6.74. The van der Waals surface area contributed by atoms with Crippen molar-refractivity contribution >= 4 is 40.1 Å². The molecule has 2 saturated heterocycles. The van der Waals surface area contributed by atoms with Crippen LogP contribution in [0.3, 0.4) is 0 Å². The van der Waals surface area contributed by atoms with Crippen molar-refractivity contribution in [3.05, 3.63) is 48.5 Å². The average molecular weight is 500 g/mol. The van der Waals surface area contributed by atoms with E-state index < -0.39 is 5.25 Å². The minimum atomic E-state index is -0.575. The molecule has 2 aromatic rings. The van der Waals surface area contributed by atoms with Gasteiger partial charge in [-0.3, -0.25) is 14.5 Å². The predicted molar refractivity (Wildman–Crippen MR) is 136 cm³/mol. The van der Waals surface area contributed by atoms with Gasteiger partial charge in [-0.15, -0.1) is 0 Å². The molecule has 2 aliphatic heterocycles. The maximum absolute atomic E-state index is 13.2. The molecular formula is C25H31N4O5S+. The Labute approximate surface area is 209 Å². The van der Waals surface area contributed by atoms with E-state index in [1.54, 1.807) is 43.4 Å². The van der Waals surface area contributed by atoms with E-state index in [4.69, 9.17) is 19.2 Å². The van der Waals surface area contributed by atoms with Crippen molar-refractivity contribution in [1.29, 1.82) is 0 Å². The van der Waals surface area contributed by atoms with Gasteiger partial charge in [0.15, 0.2) is 5.17 Å². The van der Waals surface area contributed by atoms with Crippen molar-refractivity contribution in [2.75, 3.05) is 58.9 Å². The fraction of sp³-hybridized carbons (Fsp3) is 0.400. The predicted octanol–water partition coefficient (Wildman–Crippen LogP) is 1.58. The number of nitrogens with one attached hydrogen (secondary N) is 2. The lowest BCUT2D eigenvalue weighted by atomic mass is 10.2. The van der Waals surface area contributed by atoms with Crippen molar-refractivity contribution in [1.82, 2.24) is 4.90 Å². The number of quaternary nitrogens is 1. The highest BCUT2D eigenvalue weighted by atomic mass is 32.2. The number of nitrogens with zero attached hydrogens (tertiary/aromatic N) is 2. The number of carbonyl (C=O) groups excluding carboxylic acids is 2. The molecule has 0 radical (unpaired) electrons. The molecule has 2 aromatic carbocycles. The normalized spacial score (nSPS) is 20.1. The molecule has 2 N–H and O–H groups in total. The molecule has 4 rings (SSSR count). The van der Waals surface area contributed by atoms with E-state index in [0.29, 0.717) is 28.8 Å². The third-order valence-electron chi connectivity index (χ3n) is 5.98. The molecule has 1 atom stereocenters. The molecule has 0 saturated carbocycles. The maximum Gasteiger partial charge on any atom is 0.238 e. The van der Waals surface area contributed by atoms with Gasteiger partial charge in [0.25, 0.3) is 0 Å². The molecule has 0 spiro atoms. The number of benzene rings is 2. The van der Waals surface area contributed by atoms with Crippen LogP contribution in [0, 0.1) is 0 Å². The molecule has 35 heavy (non-hydrogen) atoms. The largest absolute Gasteiger partial charge is 0.497 e. The first-order chi connectivity index (χ1) is 17.1. The van der Waals surface area contributed by atoms with Gasteiger partial charge in [-0.2, -0.15) is 0 Å². The average Bonchev–Trinajstić information content (AvgIpc) is 2.89. The molecule has 0 bridgehead atoms. The second-order valence-electron chi connectivity index (χ2n) is 8.28. The smallest absolute Gasteiger partial charge is 0.238 e. The van der Waals surface area contributed by atoms with Crippen molar-refractivity contribution in [2.45, 2.75) is 11.7 Å². The quantitative estimate of drug-likeness (QED) is 0.573. The zero-order valence-electron chi connectivity index (χ0n) is 20.0. The molecule has 186 valence electrons. The highest BCUT2D eigenvalue weighted by Gasteiger charge is 2.36. The first-order valence-corrected chi connectivity index (χ1v) is 12.5. The number of aliphatic imine (C=N–C) groups is 1. The van der Waals surface area contributed by atoms with Gasteiger partial charge in [0.1, 0.15) is 29.8 Å². The van der Waals surface area contributed by atoms with E-state index in [1.807, 2.05) is 24.3 Å². The molecule has 2 amide bonds. The highest BCUT2D eigenvalue weighted by molar-refractivity contribution is 8.15. The molecule has 2 heterocycles. The summed E-state index contributed by atoms with van der Waals surface area (Å²) in [7, 11) is 3.20. The molecule has 10 heteroatoms. The topological polar surface area (TPSA) is 93.9 Å². The molecule has 9 nitrogen and oxygen atoms in total. The Hall–Kier alpha value is -3.08. The molecule has 2 fully saturated rings. The van der Waals surface area contributed by atoms with Gasteiger partial charge in [0, 0.05) is 12.1 Å². The number of thioether (sulfide) groups is 1. The van der Waals surface area contributed by atoms with Gasteiger partial charge >= 0.3 is 0 Å². The minimum absolute atomic E-state index is 0.0986. The number of amides is 2. The molecule has 0 unspecified atom stereocenters. The lowest BCUT2D eigenvalue weighted by Gasteiger charge is -2.33. The summed E-state index contributed by atoms with van der Waals surface area (Å²) >= 11 is 1.32. The zero-order chi connectivity index (χ0) is 24.6. The van der Waals surface area contributed by atoms with E-state index in [2.05, 4.69) is 5.32 Å². The minimum Gasteiger partial charge on any atom is -0.497 e. The summed E-state index contributed by atoms with van der Waals surface area (Å²) < 4.78 is 15.8. The van der Waals surface area contributed by atoms with Crippen LogP contribution in [0.4, 0.5) is 11.4 Å². The van der Waals surface area contributed by atoms with E-state index in [0.717, 1.165) is 38.6 Å². The fourth-order valence-corrected chi connectivity index (χ4v) is 5.03. The number of hydrogen-bond acceptors (Lipinski definition) is 7. The van der Waals surface area contributed by atoms with Crippen LogP contribution < -0.4 is 19.7 Å². The Morgan fingerprint density at radius 1 is 1.09 bits per heavy atom. The van der Waals surface area contributed by atoms with Crippen LogP contribution in [-0.2, 0) is 14.3 Å². The van der Waals surface area contributed by atoms with Crippen LogP contribution in [0.25, 0.3) is 0 Å². The van der Waals surface area contributed by atoms with Crippen molar-refractivity contribution in [3.63, 3.8) is 0 Å². The molecular weight excluding hydrogens is 468 g/mol. The van der Waals surface area contributed by atoms with Gasteiger partial charge in [0.2, 0.25) is 11.8 Å². The van der Waals surface area contributed by atoms with Gasteiger partial charge in [-0.1, -0.05) is 11.8 Å². The maximum atomic E-state index is 13.2. The number of amidine groups is 1. The molecule has 0 aromatic heterocycles. The van der Waals surface area contributed by atoms with Crippen LogP contribution in [0.2, 0.25) is 0 Å². The number of carbonyl (C=O) groups is 2. The van der Waals surface area contributed by atoms with Crippen LogP contribution >= 0.6 is 11.8 Å². The van der Waals surface area contributed by atoms with Crippen LogP contribution in [0.5, 0.6) is 11.5 Å². The number of methoxy groups -OCH3 is 2. The standard InChI is InChI=1S/C25H30N4O5S/c1-32-20-7-3-18(4-8-20)26-24(31)22-17-23(30)29(12-11-28-13-15-34-16-14-28)25(35-22)27-19-5-9-21(33-2)10-6-19/h3-10,22H,11-17H2,1-2H3,(H,26,31)/p+1/t22-/m0/s1. The van der Waals surface area contributed by atoms with Gasteiger partial charge in [-0.25, -0.2) is 4.99 Å². The number of anilines is 1. The van der Waals surface area contributed by atoms with Crippen molar-refractivity contribution in [2.24, 2.45) is 4.99 Å². The summed E-state index contributed by atoms with van der Waals surface area (Å²) in [6.07, 6.45) is 0.118. The number of rotatable bonds is 8. The Bertz CT molecular complexity index is 1040. The molecule has 2 aliphatic rings. The third-order valence-corrected chi connectivity index (χ3v) is 7.16. The Kier molecular flexibility index (Phi) is 8.62. The summed E-state index contributed by atoms with van der Waals surface area (Å²) in [6.45, 7) is 4.67. The first-order valence-electron chi connectivity index (χ1n) is 11.6. The summed E-state index contributed by atoms with van der Waals surface area (Å²) in [5, 5.41) is 2.87. The molecule has 0 aliphatic carbocycles. The van der Waals surface area contributed by atoms with Crippen LogP contribution in [-0.4, -0.2) is 80.7 Å². The summed E-state index contributed by atoms with van der Waals surface area (Å²) in [5.41, 5.74) is 1.34. The van der Waals surface area contributed by atoms with Gasteiger partial charge in [0.05, 0.1) is 46.2 Å². The second kappa shape index (κ2) is 12.1. The number of morpholine rings is 1. The summed E-state index contributed by atoms with van der Waals surface area (Å²) in [4.78, 5) is 34.1. The van der Waals surface area contributed by atoms with Gasteiger partial charge in [-0.05, 0) is 48.5 Å². The highest BCUT2D eigenvalue weighted by Crippen LogP contribution is 2.30. The van der Waals surface area contributed by atoms with Crippen LogP contribution in [0.15, 0.2) is 53.5 Å². The number of hydrogen-bond donors (Lipinski definition) is 2. The fourth-order valence-electron chi connectivity index (χ4n) is 3.91. The Morgan fingerprint density at radius 2 is 1.71 bits per heavy atom. The SMILES string of the molecule is COc1ccc(N=C2S[C@H](C(=O)Nc3ccc(OC)cc3)CC(=O)N2CC[NH+]2CCOCC2)cc1. The zero-order valence-corrected chi connectivity index (χ0v) is 20.8. The van der Waals surface area contributed by atoms with E-state index >= 15 is 0 Å². The Balaban J connectivity index is 1.50. The lowest BCUT2D eigenvalue weighted by molar-refractivity contribution is -0.907. The van der Waals surface area contributed by atoms with E-state index in [-0.39, 0.29) is 18.2 Å². The second-order valence-corrected chi connectivity index (χ2v) is 9.45. The Morgan fingerprint density at radius 3 is 2.34 bits per heavy atom. The first kappa shape index (κ1) is 25.0. The van der Waals surface area contributed by atoms with Crippen molar-refractivity contribution in [3.8, 4) is 11.5 Å². The summed E-state index contributed by atoms with van der Waals surface area (Å²) in [6, 6.07) is 14.4. The van der Waals surface area contributed by atoms with E-state index in [9.17, 15) is 9.59 Å². The van der Waals surface area contributed by atoms with Gasteiger partial charge < -0.3 is 24.4 Å². The van der Waals surface area contributed by atoms with Crippen LogP contribution in [0.1, 0.15) is 6.42 Å².